The summed E-state index contributed by atoms with van der Waals surface area (Å²) < 4.78 is 12.5. The molecule has 2 aliphatic heterocycles. The summed E-state index contributed by atoms with van der Waals surface area (Å²) in [6.07, 6.45) is -4.02. The van der Waals surface area contributed by atoms with E-state index in [-0.39, 0.29) is 6.54 Å². The average molecular weight is 284 g/mol. The van der Waals surface area contributed by atoms with E-state index in [1.54, 1.807) is 13.8 Å². The SMILES string of the molecule is CC1(C)O[C@@H]2[C@@H](O)[C@H](O)Cn3c(cc(=O)[nH]c3=O)[C@@H]2O1. The Kier molecular flexibility index (Phi) is 2.87. The maximum Gasteiger partial charge on any atom is 0.328 e. The van der Waals surface area contributed by atoms with Gasteiger partial charge in [-0.2, -0.15) is 0 Å². The standard InChI is InChI=1S/C12H16N2O6/c1-12(2)19-9-5-3-7(16)13-11(18)14(5)4-6(15)8(17)10(9)20-12/h3,6,8-10,15,17H,4H2,1-2H3,(H,13,16,18)/t6-,8+,9+,10-/m1/s1. The van der Waals surface area contributed by atoms with Gasteiger partial charge in [-0.3, -0.25) is 14.3 Å². The minimum atomic E-state index is -1.21. The van der Waals surface area contributed by atoms with Crippen molar-refractivity contribution in [2.45, 2.75) is 50.6 Å². The van der Waals surface area contributed by atoms with E-state index in [0.717, 1.165) is 0 Å². The summed E-state index contributed by atoms with van der Waals surface area (Å²) in [7, 11) is 0. The summed E-state index contributed by atoms with van der Waals surface area (Å²) in [5, 5.41) is 20.1. The van der Waals surface area contributed by atoms with Gasteiger partial charge in [-0.1, -0.05) is 0 Å². The monoisotopic (exact) mass is 284 g/mol. The highest BCUT2D eigenvalue weighted by Crippen LogP contribution is 2.41. The number of rotatable bonds is 0. The summed E-state index contributed by atoms with van der Waals surface area (Å²) in [5.74, 6) is -0.975. The Morgan fingerprint density at radius 3 is 2.75 bits per heavy atom. The Balaban J connectivity index is 2.20. The molecule has 110 valence electrons. The fraction of sp³-hybridized carbons (Fsp3) is 0.667. The Morgan fingerprint density at radius 2 is 2.05 bits per heavy atom. The first-order chi connectivity index (χ1) is 9.28. The summed E-state index contributed by atoms with van der Waals surface area (Å²) in [6, 6.07) is 1.23. The summed E-state index contributed by atoms with van der Waals surface area (Å²) >= 11 is 0. The minimum absolute atomic E-state index is 0.133. The summed E-state index contributed by atoms with van der Waals surface area (Å²) in [5.41, 5.74) is -0.906. The van der Waals surface area contributed by atoms with Crippen LogP contribution in [-0.4, -0.2) is 43.9 Å². The van der Waals surface area contributed by atoms with Gasteiger partial charge in [-0.25, -0.2) is 4.79 Å². The van der Waals surface area contributed by atoms with Crippen LogP contribution >= 0.6 is 0 Å². The largest absolute Gasteiger partial charge is 0.388 e. The number of nitrogens with one attached hydrogen (secondary N) is 1. The van der Waals surface area contributed by atoms with Crippen LogP contribution in [0, 0.1) is 0 Å². The number of aliphatic hydroxyl groups is 2. The second-order valence-corrected chi connectivity index (χ2v) is 5.55. The molecule has 4 atom stereocenters. The second kappa shape index (κ2) is 4.26. The Hall–Kier alpha value is -1.48. The molecule has 3 rings (SSSR count). The molecule has 0 unspecified atom stereocenters. The van der Waals surface area contributed by atoms with Gasteiger partial charge in [0.25, 0.3) is 5.56 Å². The first kappa shape index (κ1) is 13.5. The van der Waals surface area contributed by atoms with E-state index in [1.165, 1.54) is 10.6 Å². The highest BCUT2D eigenvalue weighted by atomic mass is 16.8. The van der Waals surface area contributed by atoms with Crippen LogP contribution in [0.3, 0.4) is 0 Å². The molecular weight excluding hydrogens is 268 g/mol. The number of aromatic amines is 1. The lowest BCUT2D eigenvalue weighted by Gasteiger charge is -2.23. The number of ether oxygens (including phenoxy) is 2. The van der Waals surface area contributed by atoms with E-state index in [4.69, 9.17) is 9.47 Å². The van der Waals surface area contributed by atoms with Crippen molar-refractivity contribution >= 4 is 0 Å². The molecule has 3 heterocycles. The fourth-order valence-electron chi connectivity index (χ4n) is 2.74. The van der Waals surface area contributed by atoms with Gasteiger partial charge in [0, 0.05) is 6.07 Å². The molecule has 8 heteroatoms. The minimum Gasteiger partial charge on any atom is -0.388 e. The zero-order chi connectivity index (χ0) is 14.7. The Morgan fingerprint density at radius 1 is 1.35 bits per heavy atom. The van der Waals surface area contributed by atoms with Gasteiger partial charge in [0.1, 0.15) is 24.4 Å². The predicted molar refractivity (Wildman–Crippen MR) is 66.1 cm³/mol. The second-order valence-electron chi connectivity index (χ2n) is 5.55. The van der Waals surface area contributed by atoms with Crippen LogP contribution in [0.4, 0.5) is 0 Å². The quantitative estimate of drug-likeness (QED) is 0.532. The highest BCUT2D eigenvalue weighted by Gasteiger charge is 2.50. The maximum atomic E-state index is 11.9. The molecule has 2 aliphatic rings. The van der Waals surface area contributed by atoms with Gasteiger partial charge in [0.2, 0.25) is 0 Å². The van der Waals surface area contributed by atoms with Crippen LogP contribution in [0.2, 0.25) is 0 Å². The molecule has 0 aromatic carbocycles. The molecule has 0 bridgehead atoms. The highest BCUT2D eigenvalue weighted by molar-refractivity contribution is 5.13. The van der Waals surface area contributed by atoms with Crippen LogP contribution in [-0.2, 0) is 16.0 Å². The van der Waals surface area contributed by atoms with Crippen molar-refractivity contribution in [2.24, 2.45) is 0 Å². The van der Waals surface area contributed by atoms with Crippen LogP contribution in [0.15, 0.2) is 15.7 Å². The molecule has 1 saturated heterocycles. The summed E-state index contributed by atoms with van der Waals surface area (Å²) in [6.45, 7) is 3.19. The van der Waals surface area contributed by atoms with Gasteiger partial charge >= 0.3 is 5.69 Å². The molecule has 0 saturated carbocycles. The first-order valence-corrected chi connectivity index (χ1v) is 6.34. The van der Waals surface area contributed by atoms with Gasteiger partial charge in [-0.15, -0.1) is 0 Å². The van der Waals surface area contributed by atoms with Crippen molar-refractivity contribution in [2.75, 3.05) is 0 Å². The van der Waals surface area contributed by atoms with Crippen molar-refractivity contribution in [3.63, 3.8) is 0 Å². The summed E-state index contributed by atoms with van der Waals surface area (Å²) in [4.78, 5) is 25.5. The molecule has 0 aliphatic carbocycles. The fourth-order valence-corrected chi connectivity index (χ4v) is 2.74. The van der Waals surface area contributed by atoms with Crippen LogP contribution in [0.5, 0.6) is 0 Å². The van der Waals surface area contributed by atoms with Crippen molar-refractivity contribution in [1.82, 2.24) is 9.55 Å². The third kappa shape index (κ3) is 2.01. The van der Waals surface area contributed by atoms with Gasteiger partial charge in [-0.05, 0) is 13.8 Å². The number of nitrogens with zero attached hydrogens (tertiary/aromatic N) is 1. The van der Waals surface area contributed by atoms with Crippen molar-refractivity contribution in [1.29, 1.82) is 0 Å². The normalized spacial score (nSPS) is 35.2. The molecule has 1 aromatic rings. The lowest BCUT2D eigenvalue weighted by Crippen LogP contribution is -2.41. The molecule has 0 spiro atoms. The maximum absolute atomic E-state index is 11.9. The van der Waals surface area contributed by atoms with E-state index in [0.29, 0.717) is 5.69 Å². The Labute approximate surface area is 113 Å². The van der Waals surface area contributed by atoms with Crippen molar-refractivity contribution in [3.8, 4) is 0 Å². The third-order valence-electron chi connectivity index (χ3n) is 3.59. The Bertz CT molecular complexity index is 648. The molecule has 20 heavy (non-hydrogen) atoms. The van der Waals surface area contributed by atoms with Crippen LogP contribution in [0.25, 0.3) is 0 Å². The van der Waals surface area contributed by atoms with Crippen molar-refractivity contribution in [3.05, 3.63) is 32.6 Å². The number of fused-ring (bicyclic) bond motifs is 3. The van der Waals surface area contributed by atoms with Crippen LogP contribution < -0.4 is 11.2 Å². The molecule has 0 radical (unpaired) electrons. The molecule has 1 aromatic heterocycles. The number of aliphatic hydroxyl groups excluding tert-OH is 2. The van der Waals surface area contributed by atoms with E-state index in [1.807, 2.05) is 0 Å². The molecule has 8 nitrogen and oxygen atoms in total. The molecule has 0 amide bonds. The van der Waals surface area contributed by atoms with E-state index < -0.39 is 41.5 Å². The molecular formula is C12H16N2O6. The zero-order valence-electron chi connectivity index (χ0n) is 11.1. The number of hydrogen-bond acceptors (Lipinski definition) is 6. The van der Waals surface area contributed by atoms with Gasteiger partial charge in [0.15, 0.2) is 5.79 Å². The smallest absolute Gasteiger partial charge is 0.328 e. The van der Waals surface area contributed by atoms with Gasteiger partial charge < -0.3 is 19.7 Å². The predicted octanol–water partition coefficient (Wildman–Crippen LogP) is -1.54. The molecule has 1 fully saturated rings. The molecule has 3 N–H and O–H groups in total. The van der Waals surface area contributed by atoms with E-state index in [9.17, 15) is 19.8 Å². The third-order valence-corrected chi connectivity index (χ3v) is 3.59. The van der Waals surface area contributed by atoms with E-state index in [2.05, 4.69) is 4.98 Å². The number of aromatic nitrogens is 2. The lowest BCUT2D eigenvalue weighted by molar-refractivity contribution is -0.165. The lowest BCUT2D eigenvalue weighted by atomic mass is 10.0. The van der Waals surface area contributed by atoms with Gasteiger partial charge in [0.05, 0.1) is 12.2 Å². The number of H-pyrrole nitrogens is 1. The zero-order valence-corrected chi connectivity index (χ0v) is 11.1. The average Bonchev–Trinajstić information content (AvgIpc) is 2.62. The van der Waals surface area contributed by atoms with E-state index >= 15 is 0 Å². The van der Waals surface area contributed by atoms with Crippen LogP contribution in [0.1, 0.15) is 25.6 Å². The first-order valence-electron chi connectivity index (χ1n) is 6.34. The topological polar surface area (TPSA) is 114 Å². The number of hydrogen-bond donors (Lipinski definition) is 3. The van der Waals surface area contributed by atoms with Crippen molar-refractivity contribution < 1.29 is 19.7 Å².